The fourth-order valence-corrected chi connectivity index (χ4v) is 4.77. The predicted octanol–water partition coefficient (Wildman–Crippen LogP) is 3.21. The molecule has 0 radical (unpaired) electrons. The quantitative estimate of drug-likeness (QED) is 0.405. The Kier molecular flexibility index (Phi) is 4.05. The van der Waals surface area contributed by atoms with Gasteiger partial charge in [-0.05, 0) is 29.7 Å². The van der Waals surface area contributed by atoms with Crippen LogP contribution in [0.4, 0.5) is 0 Å². The highest BCUT2D eigenvalue weighted by atomic mass is 35.5. The highest BCUT2D eigenvalue weighted by Crippen LogP contribution is 2.40. The second-order valence-corrected chi connectivity index (χ2v) is 7.87. The molecule has 0 saturated heterocycles. The minimum atomic E-state index is -1.44. The van der Waals surface area contributed by atoms with Crippen LogP contribution in [0.25, 0.3) is 22.3 Å². The Hall–Kier alpha value is -2.70. The van der Waals surface area contributed by atoms with Gasteiger partial charge in [-0.2, -0.15) is 0 Å². The number of fused-ring (bicyclic) bond motifs is 5. The molecule has 4 heterocycles. The highest BCUT2D eigenvalue weighted by molar-refractivity contribution is 6.18. The van der Waals surface area contributed by atoms with Crippen molar-refractivity contribution in [3.8, 4) is 11.4 Å². The lowest BCUT2D eigenvalue weighted by atomic mass is 9.85. The average molecular weight is 411 g/mol. The molecule has 2 aliphatic rings. The van der Waals surface area contributed by atoms with Crippen molar-refractivity contribution in [2.45, 2.75) is 44.4 Å². The number of esters is 1. The Labute approximate surface area is 171 Å². The molecule has 2 aliphatic heterocycles. The lowest BCUT2D eigenvalue weighted by Crippen LogP contribution is -2.32. The van der Waals surface area contributed by atoms with Gasteiger partial charge < -0.3 is 14.4 Å². The van der Waals surface area contributed by atoms with Crippen LogP contribution >= 0.6 is 11.6 Å². The molecule has 0 aliphatic carbocycles. The maximum atomic E-state index is 13.3. The molecule has 1 N–H and O–H groups in total. The summed E-state index contributed by atoms with van der Waals surface area (Å²) >= 11 is 6.29. The zero-order valence-corrected chi connectivity index (χ0v) is 16.6. The van der Waals surface area contributed by atoms with E-state index in [1.807, 2.05) is 24.3 Å². The van der Waals surface area contributed by atoms with Gasteiger partial charge in [0.05, 0.1) is 35.4 Å². The SMILES string of the molecule is CCC1(O)CC(=O)OCc2c1cc1n(c2=O)Cc2c-1nc1ccccc1c2CCl. The van der Waals surface area contributed by atoms with Gasteiger partial charge in [0, 0.05) is 16.8 Å². The lowest BCUT2D eigenvalue weighted by Gasteiger charge is -2.26. The van der Waals surface area contributed by atoms with E-state index in [9.17, 15) is 14.7 Å². The first-order chi connectivity index (χ1) is 14.0. The molecule has 7 heteroatoms. The molecule has 6 nitrogen and oxygen atoms in total. The summed E-state index contributed by atoms with van der Waals surface area (Å²) in [5.41, 5.74) is 3.12. The van der Waals surface area contributed by atoms with Gasteiger partial charge in [-0.1, -0.05) is 25.1 Å². The number of rotatable bonds is 2. The molecule has 2 aromatic heterocycles. The number of pyridine rings is 2. The maximum absolute atomic E-state index is 13.3. The number of para-hydroxylation sites is 1. The zero-order valence-electron chi connectivity index (χ0n) is 15.9. The van der Waals surface area contributed by atoms with Crippen LogP contribution < -0.4 is 5.56 Å². The Balaban J connectivity index is 1.82. The molecular weight excluding hydrogens is 392 g/mol. The molecule has 1 aromatic carbocycles. The largest absolute Gasteiger partial charge is 0.460 e. The van der Waals surface area contributed by atoms with Crippen LogP contribution in [0, 0.1) is 0 Å². The third kappa shape index (κ3) is 2.56. The van der Waals surface area contributed by atoms with Crippen molar-refractivity contribution < 1.29 is 14.6 Å². The van der Waals surface area contributed by atoms with E-state index in [2.05, 4.69) is 0 Å². The third-order valence-electron chi connectivity index (χ3n) is 6.10. The fourth-order valence-electron chi connectivity index (χ4n) is 4.46. The van der Waals surface area contributed by atoms with Crippen molar-refractivity contribution in [2.75, 3.05) is 0 Å². The topological polar surface area (TPSA) is 81.4 Å². The smallest absolute Gasteiger partial charge is 0.309 e. The minimum absolute atomic E-state index is 0.135. The molecule has 0 amide bonds. The maximum Gasteiger partial charge on any atom is 0.309 e. The predicted molar refractivity (Wildman–Crippen MR) is 109 cm³/mol. The van der Waals surface area contributed by atoms with Gasteiger partial charge in [0.2, 0.25) is 0 Å². The number of nitrogens with zero attached hydrogens (tertiary/aromatic N) is 2. The van der Waals surface area contributed by atoms with E-state index in [1.54, 1.807) is 17.6 Å². The van der Waals surface area contributed by atoms with E-state index in [0.717, 1.165) is 22.0 Å². The summed E-state index contributed by atoms with van der Waals surface area (Å²) in [6, 6.07) is 9.56. The van der Waals surface area contributed by atoms with Crippen LogP contribution in [0.1, 0.15) is 42.0 Å². The summed E-state index contributed by atoms with van der Waals surface area (Å²) in [5, 5.41) is 12.1. The monoisotopic (exact) mass is 410 g/mol. The summed E-state index contributed by atoms with van der Waals surface area (Å²) in [6.45, 7) is 2.01. The molecule has 1 atom stereocenters. The van der Waals surface area contributed by atoms with E-state index in [-0.39, 0.29) is 18.6 Å². The molecule has 29 heavy (non-hydrogen) atoms. The molecule has 0 saturated carbocycles. The van der Waals surface area contributed by atoms with Gasteiger partial charge in [0.1, 0.15) is 12.2 Å². The first kappa shape index (κ1) is 18.3. The molecule has 3 aromatic rings. The first-order valence-electron chi connectivity index (χ1n) is 9.59. The average Bonchev–Trinajstić information content (AvgIpc) is 3.03. The Morgan fingerprint density at radius 2 is 2.07 bits per heavy atom. The Bertz CT molecular complexity index is 1250. The number of carbonyl (C=O) groups is 1. The zero-order chi connectivity index (χ0) is 20.3. The molecular formula is C22H19ClN2O4. The lowest BCUT2D eigenvalue weighted by molar-refractivity contribution is -0.149. The van der Waals surface area contributed by atoms with Gasteiger partial charge in [-0.15, -0.1) is 11.6 Å². The van der Waals surface area contributed by atoms with Crippen LogP contribution in [0.15, 0.2) is 35.1 Å². The fraction of sp³-hybridized carbons (Fsp3) is 0.318. The second-order valence-electron chi connectivity index (χ2n) is 7.60. The van der Waals surface area contributed by atoms with E-state index in [4.69, 9.17) is 21.3 Å². The number of carbonyl (C=O) groups excluding carboxylic acids is 1. The van der Waals surface area contributed by atoms with Crippen molar-refractivity contribution >= 4 is 28.5 Å². The minimum Gasteiger partial charge on any atom is -0.460 e. The van der Waals surface area contributed by atoms with E-state index in [1.165, 1.54) is 0 Å². The van der Waals surface area contributed by atoms with Crippen LogP contribution in [-0.4, -0.2) is 20.6 Å². The number of hydrogen-bond donors (Lipinski definition) is 1. The van der Waals surface area contributed by atoms with E-state index < -0.39 is 11.6 Å². The van der Waals surface area contributed by atoms with Crippen molar-refractivity contribution in [1.82, 2.24) is 9.55 Å². The number of alkyl halides is 1. The molecule has 0 bridgehead atoms. The number of halogens is 1. The van der Waals surface area contributed by atoms with Crippen molar-refractivity contribution in [3.63, 3.8) is 0 Å². The van der Waals surface area contributed by atoms with Crippen LogP contribution in [-0.2, 0) is 34.2 Å². The summed E-state index contributed by atoms with van der Waals surface area (Å²) in [6.07, 6.45) is 0.118. The van der Waals surface area contributed by atoms with E-state index >= 15 is 0 Å². The van der Waals surface area contributed by atoms with Crippen LogP contribution in [0.3, 0.4) is 0 Å². The summed E-state index contributed by atoms with van der Waals surface area (Å²) in [7, 11) is 0. The number of ether oxygens (including phenoxy) is 1. The summed E-state index contributed by atoms with van der Waals surface area (Å²) in [4.78, 5) is 30.1. The van der Waals surface area contributed by atoms with Crippen molar-refractivity contribution in [1.29, 1.82) is 0 Å². The Morgan fingerprint density at radius 3 is 2.83 bits per heavy atom. The number of cyclic esters (lactones) is 1. The molecule has 148 valence electrons. The number of benzene rings is 1. The Morgan fingerprint density at radius 1 is 1.28 bits per heavy atom. The third-order valence-corrected chi connectivity index (χ3v) is 6.37. The van der Waals surface area contributed by atoms with Gasteiger partial charge in [0.15, 0.2) is 0 Å². The standard InChI is InChI=1S/C22H19ClN2O4/c1-2-22(28)8-19(26)29-11-15-16(22)7-18-20-14(10-25(18)21(15)27)13(9-23)12-5-3-4-6-17(12)24-20/h3-7,28H,2,8-11H2,1H3. The highest BCUT2D eigenvalue weighted by Gasteiger charge is 2.39. The summed E-state index contributed by atoms with van der Waals surface area (Å²) in [5.74, 6) is -0.200. The second kappa shape index (κ2) is 6.40. The molecule has 5 rings (SSSR count). The first-order valence-corrected chi connectivity index (χ1v) is 10.1. The van der Waals surface area contributed by atoms with Crippen LogP contribution in [0.5, 0.6) is 0 Å². The molecule has 0 fully saturated rings. The van der Waals surface area contributed by atoms with Gasteiger partial charge >= 0.3 is 5.97 Å². The van der Waals surface area contributed by atoms with E-state index in [0.29, 0.717) is 41.4 Å². The molecule has 0 spiro atoms. The van der Waals surface area contributed by atoms with Crippen molar-refractivity contribution in [3.05, 3.63) is 62.9 Å². The van der Waals surface area contributed by atoms with Gasteiger partial charge in [-0.3, -0.25) is 9.59 Å². The summed E-state index contributed by atoms with van der Waals surface area (Å²) < 4.78 is 6.84. The number of aliphatic hydroxyl groups is 1. The number of aromatic nitrogens is 2. The van der Waals surface area contributed by atoms with Gasteiger partial charge in [-0.25, -0.2) is 4.98 Å². The van der Waals surface area contributed by atoms with Crippen LogP contribution in [0.2, 0.25) is 0 Å². The van der Waals surface area contributed by atoms with Crippen molar-refractivity contribution in [2.24, 2.45) is 0 Å². The van der Waals surface area contributed by atoms with Gasteiger partial charge in [0.25, 0.3) is 5.56 Å². The number of hydrogen-bond acceptors (Lipinski definition) is 5. The normalized spacial score (nSPS) is 20.0. The molecule has 1 unspecified atom stereocenters.